The summed E-state index contributed by atoms with van der Waals surface area (Å²) in [5.74, 6) is -0.217. The number of hydrogen-bond acceptors (Lipinski definition) is 4. The van der Waals surface area contributed by atoms with E-state index in [0.717, 1.165) is 3.79 Å². The summed E-state index contributed by atoms with van der Waals surface area (Å²) < 4.78 is 6.09. The van der Waals surface area contributed by atoms with Crippen molar-refractivity contribution in [3.8, 4) is 0 Å². The molecule has 0 bridgehead atoms. The number of rotatable bonds is 5. The SMILES string of the molecule is CCOC(=O)C(C)(C)NCc1ccc(Br)s1. The summed E-state index contributed by atoms with van der Waals surface area (Å²) in [7, 11) is 0. The topological polar surface area (TPSA) is 38.3 Å². The van der Waals surface area contributed by atoms with Crippen LogP contribution in [0.3, 0.4) is 0 Å². The average molecular weight is 306 g/mol. The fourth-order valence-corrected chi connectivity index (χ4v) is 2.56. The predicted molar refractivity (Wildman–Crippen MR) is 69.6 cm³/mol. The van der Waals surface area contributed by atoms with Crippen molar-refractivity contribution in [3.05, 3.63) is 20.8 Å². The summed E-state index contributed by atoms with van der Waals surface area (Å²) in [6, 6.07) is 4.03. The summed E-state index contributed by atoms with van der Waals surface area (Å²) in [4.78, 5) is 12.8. The van der Waals surface area contributed by atoms with Crippen LogP contribution in [-0.2, 0) is 16.1 Å². The molecule has 0 aliphatic carbocycles. The minimum absolute atomic E-state index is 0.217. The molecule has 0 radical (unpaired) electrons. The minimum Gasteiger partial charge on any atom is -0.465 e. The first kappa shape index (κ1) is 13.7. The number of ether oxygens (including phenoxy) is 1. The van der Waals surface area contributed by atoms with Crippen LogP contribution in [0.25, 0.3) is 0 Å². The Morgan fingerprint density at radius 3 is 2.75 bits per heavy atom. The highest BCUT2D eigenvalue weighted by molar-refractivity contribution is 9.11. The maximum atomic E-state index is 11.6. The molecule has 0 spiro atoms. The smallest absolute Gasteiger partial charge is 0.325 e. The van der Waals surface area contributed by atoms with E-state index in [1.165, 1.54) is 4.88 Å². The zero-order chi connectivity index (χ0) is 12.2. The Labute approximate surface area is 108 Å². The third kappa shape index (κ3) is 3.88. The van der Waals surface area contributed by atoms with E-state index in [9.17, 15) is 4.79 Å². The molecule has 5 heteroatoms. The molecule has 0 aliphatic heterocycles. The molecule has 0 atom stereocenters. The van der Waals surface area contributed by atoms with Gasteiger partial charge >= 0.3 is 5.97 Å². The van der Waals surface area contributed by atoms with Crippen molar-refractivity contribution in [2.75, 3.05) is 6.61 Å². The van der Waals surface area contributed by atoms with Crippen molar-refractivity contribution in [2.24, 2.45) is 0 Å². The zero-order valence-corrected chi connectivity index (χ0v) is 12.1. The molecule has 3 nitrogen and oxygen atoms in total. The van der Waals surface area contributed by atoms with Gasteiger partial charge < -0.3 is 4.74 Å². The Bertz CT molecular complexity index is 363. The lowest BCUT2D eigenvalue weighted by molar-refractivity contribution is -0.149. The van der Waals surface area contributed by atoms with Gasteiger partial charge in [-0.3, -0.25) is 10.1 Å². The van der Waals surface area contributed by atoms with Crippen molar-refractivity contribution in [1.29, 1.82) is 0 Å². The quantitative estimate of drug-likeness (QED) is 0.850. The van der Waals surface area contributed by atoms with Gasteiger partial charge in [-0.15, -0.1) is 11.3 Å². The molecule has 0 saturated carbocycles. The Balaban J connectivity index is 2.50. The average Bonchev–Trinajstić information content (AvgIpc) is 2.62. The predicted octanol–water partition coefficient (Wildman–Crippen LogP) is 2.94. The van der Waals surface area contributed by atoms with Crippen LogP contribution in [0.1, 0.15) is 25.6 Å². The van der Waals surface area contributed by atoms with E-state index in [-0.39, 0.29) is 5.97 Å². The number of carbonyl (C=O) groups excluding carboxylic acids is 1. The van der Waals surface area contributed by atoms with Crippen molar-refractivity contribution in [1.82, 2.24) is 5.32 Å². The van der Waals surface area contributed by atoms with Crippen molar-refractivity contribution in [3.63, 3.8) is 0 Å². The highest BCUT2D eigenvalue weighted by Crippen LogP contribution is 2.22. The van der Waals surface area contributed by atoms with E-state index >= 15 is 0 Å². The number of nitrogens with one attached hydrogen (secondary N) is 1. The van der Waals surface area contributed by atoms with Gasteiger partial charge in [0.1, 0.15) is 5.54 Å². The van der Waals surface area contributed by atoms with Gasteiger partial charge in [-0.2, -0.15) is 0 Å². The summed E-state index contributed by atoms with van der Waals surface area (Å²) >= 11 is 5.06. The third-order valence-electron chi connectivity index (χ3n) is 2.12. The van der Waals surface area contributed by atoms with Crippen molar-refractivity contribution in [2.45, 2.75) is 32.9 Å². The van der Waals surface area contributed by atoms with Crippen LogP contribution >= 0.6 is 27.3 Å². The fraction of sp³-hybridized carbons (Fsp3) is 0.545. The van der Waals surface area contributed by atoms with Crippen LogP contribution in [0, 0.1) is 0 Å². The van der Waals surface area contributed by atoms with Crippen LogP contribution in [0.2, 0.25) is 0 Å². The number of halogens is 1. The maximum Gasteiger partial charge on any atom is 0.325 e. The van der Waals surface area contributed by atoms with E-state index in [2.05, 4.69) is 21.2 Å². The number of carbonyl (C=O) groups is 1. The van der Waals surface area contributed by atoms with Gasteiger partial charge in [0.05, 0.1) is 10.4 Å². The van der Waals surface area contributed by atoms with Crippen molar-refractivity contribution < 1.29 is 9.53 Å². The molecule has 1 heterocycles. The molecule has 0 fully saturated rings. The largest absolute Gasteiger partial charge is 0.465 e. The van der Waals surface area contributed by atoms with Gasteiger partial charge in [0.25, 0.3) is 0 Å². The van der Waals surface area contributed by atoms with Crippen LogP contribution in [0.4, 0.5) is 0 Å². The minimum atomic E-state index is -0.646. The molecule has 0 aromatic carbocycles. The lowest BCUT2D eigenvalue weighted by atomic mass is 10.1. The molecule has 1 rings (SSSR count). The van der Waals surface area contributed by atoms with Gasteiger partial charge in [0, 0.05) is 11.4 Å². The summed E-state index contributed by atoms with van der Waals surface area (Å²) in [6.07, 6.45) is 0. The van der Waals surface area contributed by atoms with Crippen LogP contribution < -0.4 is 5.32 Å². The second-order valence-corrected chi connectivity index (χ2v) is 6.45. The Morgan fingerprint density at radius 2 is 2.25 bits per heavy atom. The molecule has 0 unspecified atom stereocenters. The molecule has 0 aliphatic rings. The maximum absolute atomic E-state index is 11.6. The zero-order valence-electron chi connectivity index (χ0n) is 9.67. The van der Waals surface area contributed by atoms with E-state index in [4.69, 9.17) is 4.74 Å². The Morgan fingerprint density at radius 1 is 1.56 bits per heavy atom. The van der Waals surface area contributed by atoms with Gasteiger partial charge in [0.2, 0.25) is 0 Å². The molecule has 1 aromatic heterocycles. The number of hydrogen-bond donors (Lipinski definition) is 1. The molecule has 16 heavy (non-hydrogen) atoms. The Hall–Kier alpha value is -0.390. The normalized spacial score (nSPS) is 11.5. The van der Waals surface area contributed by atoms with E-state index < -0.39 is 5.54 Å². The third-order valence-corrected chi connectivity index (χ3v) is 3.74. The van der Waals surface area contributed by atoms with Crippen LogP contribution in [0.15, 0.2) is 15.9 Å². The highest BCUT2D eigenvalue weighted by Gasteiger charge is 2.28. The Kier molecular flexibility index (Phi) is 4.95. The lowest BCUT2D eigenvalue weighted by Gasteiger charge is -2.23. The summed E-state index contributed by atoms with van der Waals surface area (Å²) in [6.45, 7) is 6.54. The molecule has 0 saturated heterocycles. The molecular formula is C11H16BrNO2S. The van der Waals surface area contributed by atoms with E-state index in [1.54, 1.807) is 11.3 Å². The van der Waals surface area contributed by atoms with Gasteiger partial charge in [-0.25, -0.2) is 0 Å². The molecule has 1 N–H and O–H groups in total. The molecular weight excluding hydrogens is 290 g/mol. The first-order valence-corrected chi connectivity index (χ1v) is 6.73. The number of thiophene rings is 1. The lowest BCUT2D eigenvalue weighted by Crippen LogP contribution is -2.47. The summed E-state index contributed by atoms with van der Waals surface area (Å²) in [5.41, 5.74) is -0.646. The number of esters is 1. The standard InChI is InChI=1S/C11H16BrNO2S/c1-4-15-10(14)11(2,3)13-7-8-5-6-9(12)16-8/h5-6,13H,4,7H2,1-3H3. The highest BCUT2D eigenvalue weighted by atomic mass is 79.9. The van der Waals surface area contributed by atoms with Crippen molar-refractivity contribution >= 4 is 33.2 Å². The van der Waals surface area contributed by atoms with E-state index in [1.807, 2.05) is 32.9 Å². The van der Waals surface area contributed by atoms with Crippen LogP contribution in [-0.4, -0.2) is 18.1 Å². The molecule has 90 valence electrons. The van der Waals surface area contributed by atoms with E-state index in [0.29, 0.717) is 13.2 Å². The fourth-order valence-electron chi connectivity index (χ4n) is 1.14. The molecule has 1 aromatic rings. The van der Waals surface area contributed by atoms with Gasteiger partial charge in [-0.1, -0.05) is 0 Å². The first-order valence-electron chi connectivity index (χ1n) is 5.12. The monoisotopic (exact) mass is 305 g/mol. The second-order valence-electron chi connectivity index (χ2n) is 3.90. The van der Waals surface area contributed by atoms with Gasteiger partial charge in [0.15, 0.2) is 0 Å². The second kappa shape index (κ2) is 5.80. The molecule has 0 amide bonds. The van der Waals surface area contributed by atoms with Gasteiger partial charge in [-0.05, 0) is 48.8 Å². The van der Waals surface area contributed by atoms with Crippen LogP contribution in [0.5, 0.6) is 0 Å². The summed E-state index contributed by atoms with van der Waals surface area (Å²) in [5, 5.41) is 3.19. The first-order chi connectivity index (χ1) is 7.45.